The van der Waals surface area contributed by atoms with Gasteiger partial charge < -0.3 is 14.5 Å². The van der Waals surface area contributed by atoms with Crippen molar-refractivity contribution in [2.24, 2.45) is 0 Å². The van der Waals surface area contributed by atoms with Gasteiger partial charge in [0.15, 0.2) is 6.39 Å². The minimum Gasteiger partial charge on any atom is -0.497 e. The lowest BCUT2D eigenvalue weighted by Gasteiger charge is -2.06. The molecule has 1 heterocycles. The van der Waals surface area contributed by atoms with Crippen LogP contribution in [0, 0.1) is 0 Å². The number of nitrogens with one attached hydrogen (secondary N) is 1. The lowest BCUT2D eigenvalue weighted by Crippen LogP contribution is -2.26. The number of oxazole rings is 1. The van der Waals surface area contributed by atoms with Crippen molar-refractivity contribution in [1.29, 1.82) is 0 Å². The smallest absolute Gasteiger partial charge is 0.289 e. The summed E-state index contributed by atoms with van der Waals surface area (Å²) in [6, 6.07) is 7.78. The van der Waals surface area contributed by atoms with Crippen LogP contribution in [0.4, 0.5) is 0 Å². The van der Waals surface area contributed by atoms with Gasteiger partial charge >= 0.3 is 0 Å². The monoisotopic (exact) mass is 288 g/mol. The van der Waals surface area contributed by atoms with E-state index in [-0.39, 0.29) is 11.8 Å². The number of benzene rings is 1. The standard InChI is InChI=1S/C16H20N2O3/c1-11(2)14-15(21-10-18-14)16(19)17-9-8-12-4-6-13(20-3)7-5-12/h4-7,10-11H,8-9H2,1-3H3,(H,17,19). The first-order chi connectivity index (χ1) is 10.1. The molecule has 0 fully saturated rings. The van der Waals surface area contributed by atoms with Crippen molar-refractivity contribution in [2.75, 3.05) is 13.7 Å². The van der Waals surface area contributed by atoms with Crippen LogP contribution >= 0.6 is 0 Å². The van der Waals surface area contributed by atoms with Crippen molar-refractivity contribution in [1.82, 2.24) is 10.3 Å². The Balaban J connectivity index is 1.87. The SMILES string of the molecule is COc1ccc(CCNC(=O)c2ocnc2C(C)C)cc1. The highest BCUT2D eigenvalue weighted by atomic mass is 16.5. The topological polar surface area (TPSA) is 64.4 Å². The number of methoxy groups -OCH3 is 1. The zero-order valence-corrected chi connectivity index (χ0v) is 12.6. The number of carbonyl (C=O) groups excluding carboxylic acids is 1. The van der Waals surface area contributed by atoms with Crippen molar-refractivity contribution < 1.29 is 13.9 Å². The van der Waals surface area contributed by atoms with E-state index < -0.39 is 0 Å². The zero-order chi connectivity index (χ0) is 15.2. The Hall–Kier alpha value is -2.30. The van der Waals surface area contributed by atoms with Crippen molar-refractivity contribution in [3.05, 3.63) is 47.7 Å². The molecule has 0 aliphatic heterocycles. The third-order valence-electron chi connectivity index (χ3n) is 3.21. The molecule has 112 valence electrons. The molecule has 5 nitrogen and oxygen atoms in total. The maximum Gasteiger partial charge on any atom is 0.289 e. The van der Waals surface area contributed by atoms with E-state index in [9.17, 15) is 4.79 Å². The van der Waals surface area contributed by atoms with Gasteiger partial charge in [-0.1, -0.05) is 26.0 Å². The number of nitrogens with zero attached hydrogens (tertiary/aromatic N) is 1. The molecule has 1 amide bonds. The maximum atomic E-state index is 12.1. The molecule has 1 N–H and O–H groups in total. The van der Waals surface area contributed by atoms with E-state index in [1.165, 1.54) is 6.39 Å². The molecule has 0 saturated carbocycles. The fourth-order valence-corrected chi connectivity index (χ4v) is 2.03. The lowest BCUT2D eigenvalue weighted by molar-refractivity contribution is 0.0924. The Morgan fingerprint density at radius 1 is 1.33 bits per heavy atom. The Labute approximate surface area is 124 Å². The van der Waals surface area contributed by atoms with E-state index in [1.54, 1.807) is 7.11 Å². The first-order valence-corrected chi connectivity index (χ1v) is 6.96. The summed E-state index contributed by atoms with van der Waals surface area (Å²) >= 11 is 0. The second-order valence-corrected chi connectivity index (χ2v) is 5.08. The first-order valence-electron chi connectivity index (χ1n) is 6.96. The highest BCUT2D eigenvalue weighted by Gasteiger charge is 2.18. The highest BCUT2D eigenvalue weighted by molar-refractivity contribution is 5.92. The number of rotatable bonds is 6. The zero-order valence-electron chi connectivity index (χ0n) is 12.6. The van der Waals surface area contributed by atoms with E-state index in [4.69, 9.17) is 9.15 Å². The average molecular weight is 288 g/mol. The number of hydrogen-bond acceptors (Lipinski definition) is 4. The molecule has 0 spiro atoms. The minimum absolute atomic E-state index is 0.158. The molecule has 2 aromatic rings. The van der Waals surface area contributed by atoms with Crippen LogP contribution in [0.5, 0.6) is 5.75 Å². The highest BCUT2D eigenvalue weighted by Crippen LogP contribution is 2.17. The summed E-state index contributed by atoms with van der Waals surface area (Å²) in [6.45, 7) is 4.50. The molecule has 21 heavy (non-hydrogen) atoms. The summed E-state index contributed by atoms with van der Waals surface area (Å²) in [5.74, 6) is 1.07. The summed E-state index contributed by atoms with van der Waals surface area (Å²) in [4.78, 5) is 16.1. The maximum absolute atomic E-state index is 12.1. The number of carbonyl (C=O) groups is 1. The second kappa shape index (κ2) is 6.92. The minimum atomic E-state index is -0.218. The third-order valence-corrected chi connectivity index (χ3v) is 3.21. The van der Waals surface area contributed by atoms with Crippen molar-refractivity contribution in [2.45, 2.75) is 26.2 Å². The summed E-state index contributed by atoms with van der Waals surface area (Å²) in [5, 5.41) is 2.85. The first kappa shape index (κ1) is 15.1. The van der Waals surface area contributed by atoms with E-state index in [0.717, 1.165) is 17.7 Å². The van der Waals surface area contributed by atoms with Gasteiger partial charge in [0.1, 0.15) is 5.75 Å². The molecular formula is C16H20N2O3. The fourth-order valence-electron chi connectivity index (χ4n) is 2.03. The van der Waals surface area contributed by atoms with Crippen LogP contribution in [0.15, 0.2) is 35.1 Å². The largest absolute Gasteiger partial charge is 0.497 e. The lowest BCUT2D eigenvalue weighted by atomic mass is 10.1. The van der Waals surface area contributed by atoms with Gasteiger partial charge in [-0.3, -0.25) is 4.79 Å². The summed E-state index contributed by atoms with van der Waals surface area (Å²) in [6.07, 6.45) is 2.06. The van der Waals surface area contributed by atoms with Gasteiger partial charge in [0.05, 0.1) is 12.8 Å². The summed E-state index contributed by atoms with van der Waals surface area (Å²) in [7, 11) is 1.64. The summed E-state index contributed by atoms with van der Waals surface area (Å²) < 4.78 is 10.3. The Kier molecular flexibility index (Phi) is 4.98. The van der Waals surface area contributed by atoms with Crippen molar-refractivity contribution >= 4 is 5.91 Å². The van der Waals surface area contributed by atoms with Crippen LogP contribution in [-0.2, 0) is 6.42 Å². The molecular weight excluding hydrogens is 268 g/mol. The summed E-state index contributed by atoms with van der Waals surface area (Å²) in [5.41, 5.74) is 1.83. The van der Waals surface area contributed by atoms with Crippen LogP contribution in [0.1, 0.15) is 41.6 Å². The van der Waals surface area contributed by atoms with Crippen LogP contribution in [0.2, 0.25) is 0 Å². The number of ether oxygens (including phenoxy) is 1. The van der Waals surface area contributed by atoms with Gasteiger partial charge in [0.2, 0.25) is 5.76 Å². The van der Waals surface area contributed by atoms with Gasteiger partial charge in [-0.25, -0.2) is 4.98 Å². The number of hydrogen-bond donors (Lipinski definition) is 1. The van der Waals surface area contributed by atoms with Gasteiger partial charge in [-0.15, -0.1) is 0 Å². The van der Waals surface area contributed by atoms with Gasteiger partial charge in [0, 0.05) is 6.54 Å². The molecule has 0 bridgehead atoms. The van der Waals surface area contributed by atoms with Gasteiger partial charge in [-0.2, -0.15) is 0 Å². The van der Waals surface area contributed by atoms with Gasteiger partial charge in [0.25, 0.3) is 5.91 Å². The van der Waals surface area contributed by atoms with E-state index in [0.29, 0.717) is 18.0 Å². The normalized spacial score (nSPS) is 10.7. The second-order valence-electron chi connectivity index (χ2n) is 5.08. The van der Waals surface area contributed by atoms with Crippen LogP contribution in [0.3, 0.4) is 0 Å². The molecule has 0 aliphatic rings. The Morgan fingerprint density at radius 2 is 2.05 bits per heavy atom. The molecule has 0 unspecified atom stereocenters. The molecule has 2 rings (SSSR count). The van der Waals surface area contributed by atoms with Crippen LogP contribution in [-0.4, -0.2) is 24.5 Å². The van der Waals surface area contributed by atoms with E-state index in [1.807, 2.05) is 38.1 Å². The Bertz CT molecular complexity index is 588. The van der Waals surface area contributed by atoms with E-state index in [2.05, 4.69) is 10.3 Å². The predicted molar refractivity (Wildman–Crippen MR) is 79.6 cm³/mol. The van der Waals surface area contributed by atoms with Crippen LogP contribution < -0.4 is 10.1 Å². The van der Waals surface area contributed by atoms with E-state index >= 15 is 0 Å². The average Bonchev–Trinajstić information content (AvgIpc) is 2.97. The van der Waals surface area contributed by atoms with Crippen LogP contribution in [0.25, 0.3) is 0 Å². The Morgan fingerprint density at radius 3 is 2.67 bits per heavy atom. The molecule has 0 saturated heterocycles. The third kappa shape index (κ3) is 3.84. The van der Waals surface area contributed by atoms with Crippen molar-refractivity contribution in [3.63, 3.8) is 0 Å². The van der Waals surface area contributed by atoms with Crippen molar-refractivity contribution in [3.8, 4) is 5.75 Å². The molecule has 5 heteroatoms. The van der Waals surface area contributed by atoms with Gasteiger partial charge in [-0.05, 0) is 30.0 Å². The number of aromatic nitrogens is 1. The predicted octanol–water partition coefficient (Wildman–Crippen LogP) is 2.78. The molecule has 1 aromatic heterocycles. The fraction of sp³-hybridized carbons (Fsp3) is 0.375. The molecule has 0 radical (unpaired) electrons. The molecule has 1 aromatic carbocycles. The molecule has 0 aliphatic carbocycles. The quantitative estimate of drug-likeness (QED) is 0.887. The molecule has 0 atom stereocenters. The number of amides is 1.